The predicted octanol–water partition coefficient (Wildman–Crippen LogP) is 2.83. The summed E-state index contributed by atoms with van der Waals surface area (Å²) in [4.78, 5) is 2.68. The van der Waals surface area contributed by atoms with Gasteiger partial charge < -0.3 is 0 Å². The first-order valence-electron chi connectivity index (χ1n) is 5.77. The molecule has 13 heavy (non-hydrogen) atoms. The Morgan fingerprint density at radius 3 is 2.54 bits per heavy atom. The average molecular weight is 179 g/mol. The second kappa shape index (κ2) is 4.28. The van der Waals surface area contributed by atoms with Crippen LogP contribution in [0.1, 0.15) is 39.0 Å². The highest BCUT2D eigenvalue weighted by atomic mass is 15.2. The molecule has 1 atom stereocenters. The van der Waals surface area contributed by atoms with Crippen molar-refractivity contribution in [2.75, 3.05) is 13.1 Å². The van der Waals surface area contributed by atoms with Crippen LogP contribution in [-0.2, 0) is 0 Å². The van der Waals surface area contributed by atoms with Crippen LogP contribution in [0.15, 0.2) is 12.2 Å². The summed E-state index contributed by atoms with van der Waals surface area (Å²) in [5.74, 6) is 0.962. The normalized spacial score (nSPS) is 32.2. The lowest BCUT2D eigenvalue weighted by Gasteiger charge is -2.36. The molecular formula is C12H21N. The van der Waals surface area contributed by atoms with Gasteiger partial charge in [-0.15, -0.1) is 0 Å². The molecule has 1 saturated heterocycles. The van der Waals surface area contributed by atoms with Crippen molar-refractivity contribution in [3.05, 3.63) is 12.2 Å². The van der Waals surface area contributed by atoms with E-state index in [1.54, 1.807) is 0 Å². The van der Waals surface area contributed by atoms with E-state index in [9.17, 15) is 0 Å². The van der Waals surface area contributed by atoms with Crippen LogP contribution in [0, 0.1) is 5.92 Å². The van der Waals surface area contributed by atoms with E-state index in [0.29, 0.717) is 0 Å². The standard InChI is InChI=1S/C12H21N/c1-11-7-9-13(10-8-11)12-5-3-2-4-6-12/h3,5,11-12H,2,4,6-10H2,1H3. The third-order valence-corrected chi connectivity index (χ3v) is 3.52. The van der Waals surface area contributed by atoms with Crippen molar-refractivity contribution in [2.24, 2.45) is 5.92 Å². The van der Waals surface area contributed by atoms with Gasteiger partial charge >= 0.3 is 0 Å². The van der Waals surface area contributed by atoms with E-state index in [-0.39, 0.29) is 0 Å². The SMILES string of the molecule is CC1CCN(C2C=CCCC2)CC1. The number of rotatable bonds is 1. The zero-order chi connectivity index (χ0) is 9.10. The van der Waals surface area contributed by atoms with E-state index in [4.69, 9.17) is 0 Å². The van der Waals surface area contributed by atoms with E-state index in [1.165, 1.54) is 45.2 Å². The van der Waals surface area contributed by atoms with E-state index in [2.05, 4.69) is 24.0 Å². The van der Waals surface area contributed by atoms with Gasteiger partial charge in [0.15, 0.2) is 0 Å². The van der Waals surface area contributed by atoms with Crippen LogP contribution in [0.5, 0.6) is 0 Å². The second-order valence-electron chi connectivity index (χ2n) is 4.64. The molecule has 0 aromatic carbocycles. The monoisotopic (exact) mass is 179 g/mol. The van der Waals surface area contributed by atoms with E-state index in [1.807, 2.05) is 0 Å². The minimum absolute atomic E-state index is 0.779. The van der Waals surface area contributed by atoms with Crippen molar-refractivity contribution < 1.29 is 0 Å². The summed E-state index contributed by atoms with van der Waals surface area (Å²) in [6.07, 6.45) is 11.7. The summed E-state index contributed by atoms with van der Waals surface area (Å²) in [7, 11) is 0. The predicted molar refractivity (Wildman–Crippen MR) is 56.8 cm³/mol. The molecule has 0 spiro atoms. The summed E-state index contributed by atoms with van der Waals surface area (Å²) in [5.41, 5.74) is 0. The van der Waals surface area contributed by atoms with Crippen LogP contribution in [0.3, 0.4) is 0 Å². The molecule has 1 heteroatoms. The Morgan fingerprint density at radius 1 is 1.15 bits per heavy atom. The molecule has 2 aliphatic rings. The third-order valence-electron chi connectivity index (χ3n) is 3.52. The van der Waals surface area contributed by atoms with Gasteiger partial charge in [-0.3, -0.25) is 4.90 Å². The summed E-state index contributed by atoms with van der Waals surface area (Å²) in [6, 6.07) is 0.779. The van der Waals surface area contributed by atoms with Gasteiger partial charge in [0.05, 0.1) is 0 Å². The molecule has 0 saturated carbocycles. The Bertz CT molecular complexity index is 178. The Labute approximate surface area is 81.8 Å². The largest absolute Gasteiger partial charge is 0.297 e. The minimum atomic E-state index is 0.779. The van der Waals surface area contributed by atoms with Crippen molar-refractivity contribution >= 4 is 0 Å². The summed E-state index contributed by atoms with van der Waals surface area (Å²) < 4.78 is 0. The first-order chi connectivity index (χ1) is 6.36. The summed E-state index contributed by atoms with van der Waals surface area (Å²) >= 11 is 0. The topological polar surface area (TPSA) is 3.24 Å². The highest BCUT2D eigenvalue weighted by Gasteiger charge is 2.21. The number of piperidine rings is 1. The van der Waals surface area contributed by atoms with Crippen molar-refractivity contribution in [3.63, 3.8) is 0 Å². The zero-order valence-electron chi connectivity index (χ0n) is 8.71. The maximum atomic E-state index is 2.68. The summed E-state index contributed by atoms with van der Waals surface area (Å²) in [6.45, 7) is 5.04. The third kappa shape index (κ3) is 2.34. The molecule has 1 aliphatic heterocycles. The van der Waals surface area contributed by atoms with Gasteiger partial charge in [-0.05, 0) is 51.1 Å². The number of nitrogens with zero attached hydrogens (tertiary/aromatic N) is 1. The molecule has 1 aliphatic carbocycles. The average Bonchev–Trinajstić information content (AvgIpc) is 2.20. The molecule has 0 bridgehead atoms. The minimum Gasteiger partial charge on any atom is -0.297 e. The van der Waals surface area contributed by atoms with Gasteiger partial charge in [0.25, 0.3) is 0 Å². The number of hydrogen-bond acceptors (Lipinski definition) is 1. The Balaban J connectivity index is 1.86. The van der Waals surface area contributed by atoms with Gasteiger partial charge in [0.1, 0.15) is 0 Å². The maximum Gasteiger partial charge on any atom is 0.0278 e. The van der Waals surface area contributed by atoms with E-state index in [0.717, 1.165) is 12.0 Å². The van der Waals surface area contributed by atoms with Crippen LogP contribution in [-0.4, -0.2) is 24.0 Å². The molecule has 1 nitrogen and oxygen atoms in total. The molecule has 0 N–H and O–H groups in total. The highest BCUT2D eigenvalue weighted by molar-refractivity contribution is 4.99. The van der Waals surface area contributed by atoms with Gasteiger partial charge in [-0.1, -0.05) is 19.1 Å². The number of hydrogen-bond donors (Lipinski definition) is 0. The Hall–Kier alpha value is -0.300. The van der Waals surface area contributed by atoms with Gasteiger partial charge in [0, 0.05) is 6.04 Å². The molecule has 1 heterocycles. The molecule has 0 aromatic heterocycles. The number of likely N-dealkylation sites (tertiary alicyclic amines) is 1. The van der Waals surface area contributed by atoms with E-state index < -0.39 is 0 Å². The van der Waals surface area contributed by atoms with Crippen LogP contribution in [0.2, 0.25) is 0 Å². The van der Waals surface area contributed by atoms with Gasteiger partial charge in [-0.25, -0.2) is 0 Å². The fourth-order valence-corrected chi connectivity index (χ4v) is 2.46. The quantitative estimate of drug-likeness (QED) is 0.559. The Morgan fingerprint density at radius 2 is 1.92 bits per heavy atom. The van der Waals surface area contributed by atoms with Crippen molar-refractivity contribution in [1.29, 1.82) is 0 Å². The van der Waals surface area contributed by atoms with Crippen LogP contribution in [0.25, 0.3) is 0 Å². The molecular weight excluding hydrogens is 158 g/mol. The van der Waals surface area contributed by atoms with Gasteiger partial charge in [-0.2, -0.15) is 0 Å². The smallest absolute Gasteiger partial charge is 0.0278 e. The maximum absolute atomic E-state index is 2.68. The van der Waals surface area contributed by atoms with Crippen molar-refractivity contribution in [1.82, 2.24) is 4.90 Å². The summed E-state index contributed by atoms with van der Waals surface area (Å²) in [5, 5.41) is 0. The fraction of sp³-hybridized carbons (Fsp3) is 0.833. The first kappa shape index (κ1) is 9.26. The molecule has 1 unspecified atom stereocenters. The molecule has 0 amide bonds. The van der Waals surface area contributed by atoms with Crippen LogP contribution < -0.4 is 0 Å². The molecule has 0 aromatic rings. The lowest BCUT2D eigenvalue weighted by molar-refractivity contribution is 0.152. The highest BCUT2D eigenvalue weighted by Crippen LogP contribution is 2.23. The van der Waals surface area contributed by atoms with Crippen molar-refractivity contribution in [2.45, 2.75) is 45.1 Å². The Kier molecular flexibility index (Phi) is 3.05. The zero-order valence-corrected chi connectivity index (χ0v) is 8.71. The second-order valence-corrected chi connectivity index (χ2v) is 4.64. The molecule has 0 radical (unpaired) electrons. The first-order valence-corrected chi connectivity index (χ1v) is 5.77. The van der Waals surface area contributed by atoms with Crippen molar-refractivity contribution in [3.8, 4) is 0 Å². The molecule has 2 rings (SSSR count). The van der Waals surface area contributed by atoms with Crippen LogP contribution >= 0.6 is 0 Å². The van der Waals surface area contributed by atoms with E-state index >= 15 is 0 Å². The van der Waals surface area contributed by atoms with Crippen LogP contribution in [0.4, 0.5) is 0 Å². The molecule has 1 fully saturated rings. The number of allylic oxidation sites excluding steroid dienone is 1. The lowest BCUT2D eigenvalue weighted by atomic mass is 9.95. The van der Waals surface area contributed by atoms with Gasteiger partial charge in [0.2, 0.25) is 0 Å². The lowest BCUT2D eigenvalue weighted by Crippen LogP contribution is -2.40. The molecule has 74 valence electrons. The fourth-order valence-electron chi connectivity index (χ4n) is 2.46.